The van der Waals surface area contributed by atoms with Crippen molar-refractivity contribution in [1.82, 2.24) is 0 Å². The van der Waals surface area contributed by atoms with Crippen LogP contribution in [0.3, 0.4) is 0 Å². The summed E-state index contributed by atoms with van der Waals surface area (Å²) in [5.41, 5.74) is 0.138. The summed E-state index contributed by atoms with van der Waals surface area (Å²) in [7, 11) is 0. The van der Waals surface area contributed by atoms with Crippen LogP contribution in [-0.2, 0) is 14.3 Å². The van der Waals surface area contributed by atoms with E-state index in [4.69, 9.17) is 27.9 Å². The Hall–Kier alpha value is -1.26. The van der Waals surface area contributed by atoms with Crippen molar-refractivity contribution in [2.75, 3.05) is 6.61 Å². The van der Waals surface area contributed by atoms with Crippen LogP contribution >= 0.6 is 23.2 Å². The summed E-state index contributed by atoms with van der Waals surface area (Å²) in [6.07, 6.45) is -0.486. The largest absolute Gasteiger partial charge is 0.463 e. The molecule has 1 aromatic carbocycles. The Bertz CT molecular complexity index is 473. The van der Waals surface area contributed by atoms with Crippen LogP contribution in [0.15, 0.2) is 18.2 Å². The Labute approximate surface area is 107 Å². The van der Waals surface area contributed by atoms with Gasteiger partial charge in [0.1, 0.15) is 0 Å². The van der Waals surface area contributed by atoms with E-state index >= 15 is 0 Å². The number of cyclic esters (lactones) is 1. The maximum atomic E-state index is 11.7. The molecule has 1 saturated heterocycles. The van der Waals surface area contributed by atoms with E-state index in [1.807, 2.05) is 0 Å². The number of hydrogen-bond donors (Lipinski definition) is 0. The first-order chi connectivity index (χ1) is 8.09. The van der Waals surface area contributed by atoms with Crippen LogP contribution in [0.5, 0.6) is 0 Å². The standard InChI is InChI=1S/C11H8Cl2O4/c12-7-3-1-2-6(9(7)13)10(14)17-8-4-5-16-11(8)15/h1-3,8H,4-5H2. The third kappa shape index (κ3) is 2.53. The Morgan fingerprint density at radius 3 is 2.82 bits per heavy atom. The summed E-state index contributed by atoms with van der Waals surface area (Å²) in [5.74, 6) is -1.21. The molecular formula is C11H8Cl2O4. The van der Waals surface area contributed by atoms with Crippen molar-refractivity contribution in [1.29, 1.82) is 0 Å². The number of halogens is 2. The number of ether oxygens (including phenoxy) is 2. The predicted octanol–water partition coefficient (Wildman–Crippen LogP) is 2.47. The predicted molar refractivity (Wildman–Crippen MR) is 61.2 cm³/mol. The van der Waals surface area contributed by atoms with E-state index in [9.17, 15) is 9.59 Å². The highest BCUT2D eigenvalue weighted by molar-refractivity contribution is 6.43. The Balaban J connectivity index is 2.14. The molecule has 6 heteroatoms. The second-order valence-electron chi connectivity index (χ2n) is 3.45. The fraction of sp³-hybridized carbons (Fsp3) is 0.273. The molecule has 0 aromatic heterocycles. The molecule has 2 rings (SSSR count). The summed E-state index contributed by atoms with van der Waals surface area (Å²) in [6, 6.07) is 4.62. The molecular weight excluding hydrogens is 267 g/mol. The molecule has 4 nitrogen and oxygen atoms in total. The molecule has 1 atom stereocenters. The first kappa shape index (κ1) is 12.2. The molecule has 0 radical (unpaired) electrons. The molecule has 1 heterocycles. The van der Waals surface area contributed by atoms with Crippen LogP contribution in [0.2, 0.25) is 10.0 Å². The quantitative estimate of drug-likeness (QED) is 0.778. The zero-order chi connectivity index (χ0) is 12.4. The van der Waals surface area contributed by atoms with Crippen LogP contribution in [0.4, 0.5) is 0 Å². The molecule has 90 valence electrons. The highest BCUT2D eigenvalue weighted by atomic mass is 35.5. The summed E-state index contributed by atoms with van der Waals surface area (Å²) >= 11 is 11.6. The van der Waals surface area contributed by atoms with E-state index in [0.717, 1.165) is 0 Å². The van der Waals surface area contributed by atoms with Gasteiger partial charge in [-0.05, 0) is 12.1 Å². The third-order valence-electron chi connectivity index (χ3n) is 2.31. The summed E-state index contributed by atoms with van der Waals surface area (Å²) in [5, 5.41) is 0.376. The van der Waals surface area contributed by atoms with Crippen molar-refractivity contribution in [2.45, 2.75) is 12.5 Å². The van der Waals surface area contributed by atoms with Crippen molar-refractivity contribution in [3.63, 3.8) is 0 Å². The lowest BCUT2D eigenvalue weighted by Crippen LogP contribution is -2.22. The van der Waals surface area contributed by atoms with Gasteiger partial charge in [-0.15, -0.1) is 0 Å². The monoisotopic (exact) mass is 274 g/mol. The van der Waals surface area contributed by atoms with E-state index in [1.165, 1.54) is 6.07 Å². The van der Waals surface area contributed by atoms with E-state index < -0.39 is 18.0 Å². The molecule has 0 spiro atoms. The molecule has 1 unspecified atom stereocenters. The van der Waals surface area contributed by atoms with Gasteiger partial charge in [0.2, 0.25) is 6.10 Å². The Morgan fingerprint density at radius 2 is 2.18 bits per heavy atom. The van der Waals surface area contributed by atoms with Gasteiger partial charge in [-0.3, -0.25) is 0 Å². The molecule has 0 N–H and O–H groups in total. The van der Waals surface area contributed by atoms with Crippen LogP contribution in [0, 0.1) is 0 Å². The zero-order valence-corrected chi connectivity index (χ0v) is 10.1. The van der Waals surface area contributed by atoms with Gasteiger partial charge in [0.15, 0.2) is 0 Å². The molecule has 1 fully saturated rings. The van der Waals surface area contributed by atoms with Gasteiger partial charge in [0.05, 0.1) is 22.2 Å². The van der Waals surface area contributed by atoms with Gasteiger partial charge in [-0.25, -0.2) is 9.59 Å². The summed E-state index contributed by atoms with van der Waals surface area (Å²) in [6.45, 7) is 0.264. The highest BCUT2D eigenvalue weighted by Gasteiger charge is 2.31. The number of hydrogen-bond acceptors (Lipinski definition) is 4. The molecule has 1 aromatic rings. The van der Waals surface area contributed by atoms with Crippen molar-refractivity contribution < 1.29 is 19.1 Å². The lowest BCUT2D eigenvalue weighted by atomic mass is 10.2. The van der Waals surface area contributed by atoms with Crippen molar-refractivity contribution in [2.24, 2.45) is 0 Å². The first-order valence-electron chi connectivity index (χ1n) is 4.91. The molecule has 0 bridgehead atoms. The van der Waals surface area contributed by atoms with E-state index in [-0.39, 0.29) is 22.2 Å². The van der Waals surface area contributed by atoms with Gasteiger partial charge >= 0.3 is 11.9 Å². The first-order valence-corrected chi connectivity index (χ1v) is 5.67. The molecule has 17 heavy (non-hydrogen) atoms. The lowest BCUT2D eigenvalue weighted by molar-refractivity contribution is -0.145. The average molecular weight is 275 g/mol. The second-order valence-corrected chi connectivity index (χ2v) is 4.24. The number of esters is 2. The average Bonchev–Trinajstić information content (AvgIpc) is 2.68. The maximum Gasteiger partial charge on any atom is 0.347 e. The highest BCUT2D eigenvalue weighted by Crippen LogP contribution is 2.26. The van der Waals surface area contributed by atoms with Crippen LogP contribution in [0.25, 0.3) is 0 Å². The molecule has 1 aliphatic rings. The number of benzene rings is 1. The normalized spacial score (nSPS) is 18.9. The Morgan fingerprint density at radius 1 is 1.41 bits per heavy atom. The fourth-order valence-corrected chi connectivity index (χ4v) is 1.82. The van der Waals surface area contributed by atoms with Crippen LogP contribution in [-0.4, -0.2) is 24.6 Å². The summed E-state index contributed by atoms with van der Waals surface area (Å²) < 4.78 is 9.67. The van der Waals surface area contributed by atoms with Crippen molar-refractivity contribution >= 4 is 35.1 Å². The lowest BCUT2D eigenvalue weighted by Gasteiger charge is -2.09. The van der Waals surface area contributed by atoms with Gasteiger partial charge in [-0.2, -0.15) is 0 Å². The molecule has 0 amide bonds. The Kier molecular flexibility index (Phi) is 3.54. The van der Waals surface area contributed by atoms with Gasteiger partial charge in [0.25, 0.3) is 0 Å². The van der Waals surface area contributed by atoms with Crippen molar-refractivity contribution in [3.05, 3.63) is 33.8 Å². The fourth-order valence-electron chi connectivity index (χ4n) is 1.44. The van der Waals surface area contributed by atoms with Crippen LogP contribution < -0.4 is 0 Å². The van der Waals surface area contributed by atoms with Gasteiger partial charge in [0, 0.05) is 6.42 Å². The van der Waals surface area contributed by atoms with Crippen LogP contribution in [0.1, 0.15) is 16.8 Å². The molecule has 1 aliphatic heterocycles. The number of carbonyl (C=O) groups excluding carboxylic acids is 2. The smallest absolute Gasteiger partial charge is 0.347 e. The zero-order valence-electron chi connectivity index (χ0n) is 8.61. The van der Waals surface area contributed by atoms with E-state index in [0.29, 0.717) is 6.42 Å². The minimum atomic E-state index is -0.849. The van der Waals surface area contributed by atoms with E-state index in [2.05, 4.69) is 4.74 Å². The third-order valence-corrected chi connectivity index (χ3v) is 3.13. The van der Waals surface area contributed by atoms with E-state index in [1.54, 1.807) is 12.1 Å². The number of carbonyl (C=O) groups is 2. The van der Waals surface area contributed by atoms with Gasteiger partial charge in [-0.1, -0.05) is 29.3 Å². The minimum Gasteiger partial charge on any atom is -0.463 e. The topological polar surface area (TPSA) is 52.6 Å². The van der Waals surface area contributed by atoms with Crippen molar-refractivity contribution in [3.8, 4) is 0 Å². The maximum absolute atomic E-state index is 11.7. The second kappa shape index (κ2) is 4.94. The SMILES string of the molecule is O=C(OC1CCOC1=O)c1cccc(Cl)c1Cl. The minimum absolute atomic E-state index is 0.116. The summed E-state index contributed by atoms with van der Waals surface area (Å²) in [4.78, 5) is 22.9. The molecule has 0 aliphatic carbocycles. The molecule has 0 saturated carbocycles. The number of rotatable bonds is 2. The van der Waals surface area contributed by atoms with Gasteiger partial charge < -0.3 is 9.47 Å².